The Hall–Kier alpha value is -2.67. The molecule has 0 aliphatic rings. The highest BCUT2D eigenvalue weighted by atomic mass is 79.9. The van der Waals surface area contributed by atoms with E-state index < -0.39 is 0 Å². The van der Waals surface area contributed by atoms with Gasteiger partial charge in [0.25, 0.3) is 5.91 Å². The monoisotopic (exact) mass is 415 g/mol. The number of carbonyl (C=O) groups excluding carboxylic acids is 1. The van der Waals surface area contributed by atoms with E-state index in [9.17, 15) is 4.79 Å². The number of ether oxygens (including phenoxy) is 1. The summed E-state index contributed by atoms with van der Waals surface area (Å²) in [5.74, 6) is 1.25. The van der Waals surface area contributed by atoms with E-state index >= 15 is 0 Å². The van der Waals surface area contributed by atoms with Crippen molar-refractivity contribution in [1.29, 1.82) is 0 Å². The van der Waals surface area contributed by atoms with Gasteiger partial charge in [0, 0.05) is 10.0 Å². The second-order valence-corrected chi connectivity index (χ2v) is 6.77. The van der Waals surface area contributed by atoms with Crippen LogP contribution in [-0.2, 0) is 11.3 Å². The number of benzene rings is 2. The molecular weight excluding hydrogens is 398 g/mol. The Morgan fingerprint density at radius 2 is 2.08 bits per heavy atom. The topological polar surface area (TPSA) is 77.2 Å². The number of hydrogen-bond acceptors (Lipinski definition) is 5. The van der Waals surface area contributed by atoms with E-state index in [2.05, 4.69) is 31.4 Å². The summed E-state index contributed by atoms with van der Waals surface area (Å²) >= 11 is 3.39. The number of nitrogens with one attached hydrogen (secondary N) is 1. The van der Waals surface area contributed by atoms with Crippen LogP contribution in [0.2, 0.25) is 0 Å². The molecule has 1 heterocycles. The van der Waals surface area contributed by atoms with Gasteiger partial charge in [-0.15, -0.1) is 0 Å². The Morgan fingerprint density at radius 3 is 2.85 bits per heavy atom. The lowest BCUT2D eigenvalue weighted by Crippen LogP contribution is -2.28. The molecule has 0 aliphatic heterocycles. The molecule has 3 rings (SSSR count). The maximum atomic E-state index is 12.0. The summed E-state index contributed by atoms with van der Waals surface area (Å²) in [5, 5.41) is 6.65. The third kappa shape index (κ3) is 4.70. The van der Waals surface area contributed by atoms with Crippen LogP contribution in [0.25, 0.3) is 11.4 Å². The van der Waals surface area contributed by atoms with Crippen molar-refractivity contribution in [1.82, 2.24) is 15.5 Å². The first kappa shape index (κ1) is 18.1. The largest absolute Gasteiger partial charge is 0.484 e. The molecule has 3 aromatic rings. The van der Waals surface area contributed by atoms with Gasteiger partial charge < -0.3 is 14.6 Å². The maximum absolute atomic E-state index is 12.0. The number of carbonyl (C=O) groups is 1. The molecule has 6 nitrogen and oxygen atoms in total. The third-order valence-electron chi connectivity index (χ3n) is 3.68. The van der Waals surface area contributed by atoms with Crippen LogP contribution in [0.5, 0.6) is 5.75 Å². The zero-order valence-corrected chi connectivity index (χ0v) is 16.0. The van der Waals surface area contributed by atoms with E-state index in [4.69, 9.17) is 9.26 Å². The van der Waals surface area contributed by atoms with Crippen molar-refractivity contribution in [2.75, 3.05) is 6.61 Å². The van der Waals surface area contributed by atoms with Gasteiger partial charge in [0.1, 0.15) is 5.75 Å². The molecule has 2 aromatic carbocycles. The molecule has 0 spiro atoms. The van der Waals surface area contributed by atoms with E-state index in [1.54, 1.807) is 0 Å². The first-order valence-corrected chi connectivity index (χ1v) is 8.86. The van der Waals surface area contributed by atoms with E-state index in [1.165, 1.54) is 0 Å². The molecular formula is C19H18BrN3O3. The molecule has 0 aliphatic carbocycles. The minimum Gasteiger partial charge on any atom is -0.484 e. The lowest BCUT2D eigenvalue weighted by atomic mass is 10.1. The molecule has 0 atom stereocenters. The first-order chi connectivity index (χ1) is 12.5. The Morgan fingerprint density at radius 1 is 1.23 bits per heavy atom. The number of nitrogens with zero attached hydrogens (tertiary/aromatic N) is 2. The number of aryl methyl sites for hydroxylation is 2. The highest BCUT2D eigenvalue weighted by Gasteiger charge is 2.11. The Labute approximate surface area is 159 Å². The van der Waals surface area contributed by atoms with Crippen LogP contribution in [0.3, 0.4) is 0 Å². The smallest absolute Gasteiger partial charge is 0.258 e. The molecule has 7 heteroatoms. The number of aromatic nitrogens is 2. The summed E-state index contributed by atoms with van der Waals surface area (Å²) in [6.45, 7) is 3.99. The van der Waals surface area contributed by atoms with Crippen molar-refractivity contribution in [2.24, 2.45) is 0 Å². The van der Waals surface area contributed by atoms with Crippen molar-refractivity contribution in [2.45, 2.75) is 20.4 Å². The summed E-state index contributed by atoms with van der Waals surface area (Å²) in [6.07, 6.45) is 0. The minimum atomic E-state index is -0.261. The van der Waals surface area contributed by atoms with Gasteiger partial charge in [-0.05, 0) is 43.7 Å². The number of hydrogen-bond donors (Lipinski definition) is 1. The van der Waals surface area contributed by atoms with Gasteiger partial charge in [0.2, 0.25) is 11.7 Å². The lowest BCUT2D eigenvalue weighted by molar-refractivity contribution is -0.123. The predicted molar refractivity (Wildman–Crippen MR) is 101 cm³/mol. The van der Waals surface area contributed by atoms with Crippen LogP contribution in [0, 0.1) is 13.8 Å². The molecule has 1 aromatic heterocycles. The standard InChI is InChI=1S/C19H18BrN3O3/c1-12-4-3-5-14(8-12)19-22-18(26-23-19)10-21-17(24)11-25-16-7-6-15(20)9-13(16)2/h3-9H,10-11H2,1-2H3,(H,21,24). The van der Waals surface area contributed by atoms with Crippen LogP contribution in [0.15, 0.2) is 51.5 Å². The van der Waals surface area contributed by atoms with Crippen LogP contribution in [-0.4, -0.2) is 22.7 Å². The zero-order valence-electron chi connectivity index (χ0n) is 14.5. The molecule has 134 valence electrons. The van der Waals surface area contributed by atoms with E-state index in [0.717, 1.165) is 21.2 Å². The Kier molecular flexibility index (Phi) is 5.68. The number of rotatable bonds is 6. The SMILES string of the molecule is Cc1cccc(-c2noc(CNC(=O)COc3ccc(Br)cc3C)n2)c1. The predicted octanol–water partition coefficient (Wildman–Crippen LogP) is 3.81. The number of amides is 1. The quantitative estimate of drug-likeness (QED) is 0.661. The minimum absolute atomic E-state index is 0.0820. The van der Waals surface area contributed by atoms with Crippen molar-refractivity contribution in [3.8, 4) is 17.1 Å². The summed E-state index contributed by atoms with van der Waals surface area (Å²) in [5.41, 5.74) is 2.94. The van der Waals surface area contributed by atoms with Gasteiger partial charge in [-0.3, -0.25) is 4.79 Å². The normalized spacial score (nSPS) is 10.6. The van der Waals surface area contributed by atoms with E-state index in [0.29, 0.717) is 17.5 Å². The summed E-state index contributed by atoms with van der Waals surface area (Å²) in [6, 6.07) is 13.4. The van der Waals surface area contributed by atoms with Crippen molar-refractivity contribution >= 4 is 21.8 Å². The number of halogens is 1. The molecule has 0 fully saturated rings. The maximum Gasteiger partial charge on any atom is 0.258 e. The Bertz CT molecular complexity index is 924. The van der Waals surface area contributed by atoms with Gasteiger partial charge >= 0.3 is 0 Å². The fourth-order valence-corrected chi connectivity index (χ4v) is 2.85. The Balaban J connectivity index is 1.52. The molecule has 0 bridgehead atoms. The van der Waals surface area contributed by atoms with E-state index in [-0.39, 0.29) is 19.1 Å². The van der Waals surface area contributed by atoms with Crippen molar-refractivity contribution in [3.05, 3.63) is 64.0 Å². The van der Waals surface area contributed by atoms with Crippen LogP contribution >= 0.6 is 15.9 Å². The fraction of sp³-hybridized carbons (Fsp3) is 0.211. The molecule has 0 saturated heterocycles. The van der Waals surface area contributed by atoms with Gasteiger partial charge in [0.15, 0.2) is 6.61 Å². The molecule has 26 heavy (non-hydrogen) atoms. The van der Waals surface area contributed by atoms with Crippen LogP contribution < -0.4 is 10.1 Å². The highest BCUT2D eigenvalue weighted by molar-refractivity contribution is 9.10. The molecule has 0 saturated carbocycles. The van der Waals surface area contributed by atoms with Gasteiger partial charge in [-0.2, -0.15) is 4.98 Å². The fourth-order valence-electron chi connectivity index (χ4n) is 2.37. The summed E-state index contributed by atoms with van der Waals surface area (Å²) in [4.78, 5) is 16.3. The highest BCUT2D eigenvalue weighted by Crippen LogP contribution is 2.22. The van der Waals surface area contributed by atoms with Crippen LogP contribution in [0.4, 0.5) is 0 Å². The molecule has 1 amide bonds. The molecule has 0 radical (unpaired) electrons. The van der Waals surface area contributed by atoms with Crippen LogP contribution in [0.1, 0.15) is 17.0 Å². The summed E-state index contributed by atoms with van der Waals surface area (Å²) < 4.78 is 11.7. The average molecular weight is 416 g/mol. The van der Waals surface area contributed by atoms with Gasteiger partial charge in [0.05, 0.1) is 6.54 Å². The summed E-state index contributed by atoms with van der Waals surface area (Å²) in [7, 11) is 0. The lowest BCUT2D eigenvalue weighted by Gasteiger charge is -2.09. The zero-order chi connectivity index (χ0) is 18.5. The van der Waals surface area contributed by atoms with Crippen molar-refractivity contribution < 1.29 is 14.1 Å². The second-order valence-electron chi connectivity index (χ2n) is 5.86. The molecule has 0 unspecified atom stereocenters. The van der Waals surface area contributed by atoms with Gasteiger partial charge in [-0.1, -0.05) is 44.8 Å². The molecule has 1 N–H and O–H groups in total. The van der Waals surface area contributed by atoms with Crippen molar-refractivity contribution in [3.63, 3.8) is 0 Å². The van der Waals surface area contributed by atoms with E-state index in [1.807, 2.05) is 56.3 Å². The second kappa shape index (κ2) is 8.14. The first-order valence-electron chi connectivity index (χ1n) is 8.06. The van der Waals surface area contributed by atoms with Gasteiger partial charge in [-0.25, -0.2) is 0 Å². The average Bonchev–Trinajstić information content (AvgIpc) is 3.08. The third-order valence-corrected chi connectivity index (χ3v) is 4.17.